The molecule has 0 aliphatic heterocycles. The van der Waals surface area contributed by atoms with E-state index in [2.05, 4.69) is 0 Å². The Morgan fingerprint density at radius 1 is 1.31 bits per heavy atom. The number of halogens is 2. The van der Waals surface area contributed by atoms with E-state index >= 15 is 0 Å². The number of benzene rings is 1. The Bertz CT molecular complexity index is 364. The lowest BCUT2D eigenvalue weighted by molar-refractivity contribution is 0.0740. The minimum atomic E-state index is -2.67. The van der Waals surface area contributed by atoms with Gasteiger partial charge in [0.2, 0.25) is 0 Å². The van der Waals surface area contributed by atoms with Crippen LogP contribution in [-0.4, -0.2) is 5.92 Å². The maximum absolute atomic E-state index is 13.3. The van der Waals surface area contributed by atoms with Crippen LogP contribution < -0.4 is 0 Å². The van der Waals surface area contributed by atoms with E-state index in [0.29, 0.717) is 5.56 Å². The Balaban J connectivity index is 2.60. The maximum Gasteiger partial charge on any atom is 0.277 e. The van der Waals surface area contributed by atoms with Crippen LogP contribution in [0.4, 0.5) is 8.78 Å². The fourth-order valence-electron chi connectivity index (χ4n) is 1.84. The number of rotatable bonds is 0. The Hall–Kier alpha value is -1.18. The van der Waals surface area contributed by atoms with Crippen LogP contribution in [0, 0.1) is 0 Å². The van der Waals surface area contributed by atoms with Gasteiger partial charge >= 0.3 is 0 Å². The number of hydrogen-bond acceptors (Lipinski definition) is 0. The molecule has 0 fully saturated rings. The highest BCUT2D eigenvalue weighted by Crippen LogP contribution is 2.43. The molecule has 0 aromatic heterocycles. The molecule has 1 aliphatic rings. The largest absolute Gasteiger partial charge is 0.277 e. The highest BCUT2D eigenvalue weighted by atomic mass is 19.3. The minimum absolute atomic E-state index is 0.150. The molecule has 1 aromatic rings. The van der Waals surface area contributed by atoms with Crippen LogP contribution in [0.3, 0.4) is 0 Å². The summed E-state index contributed by atoms with van der Waals surface area (Å²) >= 11 is 0. The normalized spacial score (nSPS) is 21.9. The summed E-state index contributed by atoms with van der Waals surface area (Å²) in [6.45, 7) is 1.66. The molecule has 0 radical (unpaired) electrons. The number of alkyl halides is 2. The van der Waals surface area contributed by atoms with Crippen molar-refractivity contribution in [2.45, 2.75) is 19.3 Å². The lowest BCUT2D eigenvalue weighted by Gasteiger charge is -2.09. The molecule has 0 amide bonds. The van der Waals surface area contributed by atoms with Crippen LogP contribution >= 0.6 is 0 Å². The molecular weight excluding hydrogens is 170 g/mol. The van der Waals surface area contributed by atoms with Crippen molar-refractivity contribution in [3.8, 4) is 0 Å². The molecule has 0 nitrogen and oxygen atoms in total. The molecule has 68 valence electrons. The monoisotopic (exact) mass is 180 g/mol. The van der Waals surface area contributed by atoms with E-state index in [9.17, 15) is 8.78 Å². The van der Waals surface area contributed by atoms with E-state index in [4.69, 9.17) is 0 Å². The van der Waals surface area contributed by atoms with Crippen molar-refractivity contribution in [2.24, 2.45) is 0 Å². The third kappa shape index (κ3) is 1.17. The first kappa shape index (κ1) is 8.42. The lowest BCUT2D eigenvalue weighted by Crippen LogP contribution is -2.13. The summed E-state index contributed by atoms with van der Waals surface area (Å²) in [5.41, 5.74) is 1.62. The zero-order chi connectivity index (χ0) is 9.47. The van der Waals surface area contributed by atoms with Crippen LogP contribution in [0.1, 0.15) is 18.1 Å². The van der Waals surface area contributed by atoms with Gasteiger partial charge in [-0.05, 0) is 18.1 Å². The summed E-state index contributed by atoms with van der Waals surface area (Å²) in [4.78, 5) is 0. The van der Waals surface area contributed by atoms with Crippen molar-refractivity contribution in [2.75, 3.05) is 0 Å². The quantitative estimate of drug-likeness (QED) is 0.574. The second-order valence-corrected chi connectivity index (χ2v) is 3.24. The van der Waals surface area contributed by atoms with Gasteiger partial charge < -0.3 is 0 Å². The molecule has 1 aromatic carbocycles. The van der Waals surface area contributed by atoms with Crippen LogP contribution in [-0.2, 0) is 6.42 Å². The Morgan fingerprint density at radius 2 is 2.00 bits per heavy atom. The standard InChI is InChI=1S/C11H10F2/c1-2-10-9-6-4-3-5-8(9)7-11(10,12)13/h2-6H,7H2,1H3/b10-2-. The Morgan fingerprint density at radius 3 is 2.69 bits per heavy atom. The molecular formula is C11H10F2. The van der Waals surface area contributed by atoms with Gasteiger partial charge in [0.1, 0.15) is 0 Å². The van der Waals surface area contributed by atoms with Gasteiger partial charge in [0.25, 0.3) is 5.92 Å². The predicted octanol–water partition coefficient (Wildman–Crippen LogP) is 3.28. The molecule has 2 rings (SSSR count). The lowest BCUT2D eigenvalue weighted by atomic mass is 10.1. The van der Waals surface area contributed by atoms with E-state index in [1.54, 1.807) is 31.2 Å². The SMILES string of the molecule is C/C=C1/c2ccccc2CC1(F)F. The molecule has 0 saturated carbocycles. The van der Waals surface area contributed by atoms with Gasteiger partial charge in [-0.1, -0.05) is 30.3 Å². The van der Waals surface area contributed by atoms with E-state index in [0.717, 1.165) is 5.56 Å². The van der Waals surface area contributed by atoms with Gasteiger partial charge in [-0.15, -0.1) is 0 Å². The minimum Gasteiger partial charge on any atom is -0.201 e. The summed E-state index contributed by atoms with van der Waals surface area (Å²) in [6.07, 6.45) is 1.36. The first-order valence-electron chi connectivity index (χ1n) is 4.28. The highest BCUT2D eigenvalue weighted by Gasteiger charge is 2.41. The van der Waals surface area contributed by atoms with E-state index in [1.807, 2.05) is 0 Å². The van der Waals surface area contributed by atoms with Gasteiger partial charge in [-0.25, -0.2) is 8.78 Å². The van der Waals surface area contributed by atoms with Gasteiger partial charge in [0.05, 0.1) is 0 Å². The van der Waals surface area contributed by atoms with E-state index in [-0.39, 0.29) is 12.0 Å². The maximum atomic E-state index is 13.3. The smallest absolute Gasteiger partial charge is 0.201 e. The van der Waals surface area contributed by atoms with Crippen molar-refractivity contribution < 1.29 is 8.78 Å². The van der Waals surface area contributed by atoms with Crippen molar-refractivity contribution in [3.63, 3.8) is 0 Å². The highest BCUT2D eigenvalue weighted by molar-refractivity contribution is 5.77. The molecule has 0 bridgehead atoms. The van der Waals surface area contributed by atoms with Crippen molar-refractivity contribution in [3.05, 3.63) is 41.5 Å². The second-order valence-electron chi connectivity index (χ2n) is 3.24. The number of hydrogen-bond donors (Lipinski definition) is 0. The van der Waals surface area contributed by atoms with Gasteiger partial charge in [0, 0.05) is 12.0 Å². The fourth-order valence-corrected chi connectivity index (χ4v) is 1.84. The third-order valence-corrected chi connectivity index (χ3v) is 2.40. The van der Waals surface area contributed by atoms with Gasteiger partial charge in [0.15, 0.2) is 0 Å². The Labute approximate surface area is 75.9 Å². The number of allylic oxidation sites excluding steroid dienone is 2. The molecule has 1 aliphatic carbocycles. The van der Waals surface area contributed by atoms with Crippen molar-refractivity contribution in [1.29, 1.82) is 0 Å². The first-order chi connectivity index (χ1) is 6.15. The van der Waals surface area contributed by atoms with Gasteiger partial charge in [-0.2, -0.15) is 0 Å². The molecule has 13 heavy (non-hydrogen) atoms. The first-order valence-corrected chi connectivity index (χ1v) is 4.28. The van der Waals surface area contributed by atoms with Crippen molar-refractivity contribution in [1.82, 2.24) is 0 Å². The molecule has 0 N–H and O–H groups in total. The Kier molecular flexibility index (Phi) is 1.72. The number of fused-ring (bicyclic) bond motifs is 1. The molecule has 0 saturated heterocycles. The summed E-state index contributed by atoms with van der Waals surface area (Å²) in [7, 11) is 0. The second kappa shape index (κ2) is 2.66. The van der Waals surface area contributed by atoms with E-state index < -0.39 is 5.92 Å². The fraction of sp³-hybridized carbons (Fsp3) is 0.273. The van der Waals surface area contributed by atoms with Crippen LogP contribution in [0.15, 0.2) is 30.3 Å². The summed E-state index contributed by atoms with van der Waals surface area (Å²) in [6, 6.07) is 7.11. The molecule has 0 unspecified atom stereocenters. The summed E-state index contributed by atoms with van der Waals surface area (Å²) < 4.78 is 26.7. The van der Waals surface area contributed by atoms with Crippen LogP contribution in [0.5, 0.6) is 0 Å². The average molecular weight is 180 g/mol. The topological polar surface area (TPSA) is 0 Å². The molecule has 0 atom stereocenters. The van der Waals surface area contributed by atoms with Gasteiger partial charge in [-0.3, -0.25) is 0 Å². The van der Waals surface area contributed by atoms with Crippen LogP contribution in [0.2, 0.25) is 0 Å². The summed E-state index contributed by atoms with van der Waals surface area (Å²) in [5, 5.41) is 0. The molecule has 0 spiro atoms. The van der Waals surface area contributed by atoms with E-state index in [1.165, 1.54) is 6.08 Å². The third-order valence-electron chi connectivity index (χ3n) is 2.40. The zero-order valence-electron chi connectivity index (χ0n) is 7.35. The average Bonchev–Trinajstić information content (AvgIpc) is 2.33. The molecule has 0 heterocycles. The zero-order valence-corrected chi connectivity index (χ0v) is 7.35. The molecule has 2 heteroatoms. The van der Waals surface area contributed by atoms with Crippen LogP contribution in [0.25, 0.3) is 5.57 Å². The van der Waals surface area contributed by atoms with Crippen molar-refractivity contribution >= 4 is 5.57 Å². The predicted molar refractivity (Wildman–Crippen MR) is 48.7 cm³/mol. The summed E-state index contributed by atoms with van der Waals surface area (Å²) in [5.74, 6) is -2.67.